The molecular weight excluding hydrogens is 278 g/mol. The lowest BCUT2D eigenvalue weighted by molar-refractivity contribution is -0.123. The SMILES string of the molecule is CC(=O)N(CC(=O)NCc1ccccn1)c1cccc(C)c1. The van der Waals surface area contributed by atoms with Crippen LogP contribution in [0.4, 0.5) is 5.69 Å². The Hall–Kier alpha value is -2.69. The van der Waals surface area contributed by atoms with E-state index in [-0.39, 0.29) is 18.4 Å². The molecule has 0 bridgehead atoms. The molecule has 0 unspecified atom stereocenters. The highest BCUT2D eigenvalue weighted by Crippen LogP contribution is 2.15. The minimum Gasteiger partial charge on any atom is -0.349 e. The van der Waals surface area contributed by atoms with Crippen LogP contribution in [0.25, 0.3) is 0 Å². The van der Waals surface area contributed by atoms with Gasteiger partial charge in [0.05, 0.1) is 12.2 Å². The number of benzene rings is 1. The monoisotopic (exact) mass is 297 g/mol. The summed E-state index contributed by atoms with van der Waals surface area (Å²) < 4.78 is 0. The molecule has 1 aromatic carbocycles. The molecule has 2 aromatic rings. The van der Waals surface area contributed by atoms with Gasteiger partial charge in [-0.3, -0.25) is 14.6 Å². The highest BCUT2D eigenvalue weighted by Gasteiger charge is 2.15. The number of carbonyl (C=O) groups excluding carboxylic acids is 2. The van der Waals surface area contributed by atoms with Crippen LogP contribution in [0.1, 0.15) is 18.2 Å². The maximum absolute atomic E-state index is 12.1. The Kier molecular flexibility index (Phi) is 5.25. The highest BCUT2D eigenvalue weighted by molar-refractivity contribution is 5.97. The van der Waals surface area contributed by atoms with E-state index in [1.807, 2.05) is 49.4 Å². The van der Waals surface area contributed by atoms with Crippen LogP contribution >= 0.6 is 0 Å². The summed E-state index contributed by atoms with van der Waals surface area (Å²) >= 11 is 0. The van der Waals surface area contributed by atoms with E-state index in [0.29, 0.717) is 6.54 Å². The van der Waals surface area contributed by atoms with Crippen molar-refractivity contribution >= 4 is 17.5 Å². The molecule has 1 N–H and O–H groups in total. The maximum Gasteiger partial charge on any atom is 0.240 e. The fourth-order valence-electron chi connectivity index (χ4n) is 2.07. The topological polar surface area (TPSA) is 62.3 Å². The number of nitrogens with zero attached hydrogens (tertiary/aromatic N) is 2. The number of aromatic nitrogens is 1. The second kappa shape index (κ2) is 7.36. The fourth-order valence-corrected chi connectivity index (χ4v) is 2.07. The van der Waals surface area contributed by atoms with Crippen LogP contribution in [0.3, 0.4) is 0 Å². The van der Waals surface area contributed by atoms with Crippen molar-refractivity contribution in [3.8, 4) is 0 Å². The first kappa shape index (κ1) is 15.7. The molecule has 2 amide bonds. The smallest absolute Gasteiger partial charge is 0.240 e. The number of amides is 2. The number of aryl methyl sites for hydroxylation is 1. The molecule has 1 aromatic heterocycles. The van der Waals surface area contributed by atoms with E-state index in [9.17, 15) is 9.59 Å². The number of anilines is 1. The fraction of sp³-hybridized carbons (Fsp3) is 0.235. The Morgan fingerprint density at radius 1 is 1.18 bits per heavy atom. The molecule has 0 saturated heterocycles. The lowest BCUT2D eigenvalue weighted by Crippen LogP contribution is -2.39. The molecule has 0 fully saturated rings. The van der Waals surface area contributed by atoms with Crippen LogP contribution in [-0.4, -0.2) is 23.3 Å². The first-order valence-electron chi connectivity index (χ1n) is 7.07. The number of rotatable bonds is 5. The summed E-state index contributed by atoms with van der Waals surface area (Å²) in [6.07, 6.45) is 1.68. The van der Waals surface area contributed by atoms with Gasteiger partial charge < -0.3 is 10.2 Å². The molecular formula is C17H19N3O2. The average molecular weight is 297 g/mol. The van der Waals surface area contributed by atoms with E-state index in [4.69, 9.17) is 0 Å². The Bertz CT molecular complexity index is 656. The van der Waals surface area contributed by atoms with Crippen LogP contribution in [0.15, 0.2) is 48.7 Å². The molecule has 0 spiro atoms. The van der Waals surface area contributed by atoms with E-state index < -0.39 is 0 Å². The second-order valence-electron chi connectivity index (χ2n) is 5.04. The summed E-state index contributed by atoms with van der Waals surface area (Å²) in [4.78, 5) is 29.5. The predicted octanol–water partition coefficient (Wildman–Crippen LogP) is 2.06. The number of pyridine rings is 1. The first-order chi connectivity index (χ1) is 10.6. The van der Waals surface area contributed by atoms with Crippen molar-refractivity contribution in [2.75, 3.05) is 11.4 Å². The summed E-state index contributed by atoms with van der Waals surface area (Å²) in [7, 11) is 0. The lowest BCUT2D eigenvalue weighted by Gasteiger charge is -2.21. The molecule has 0 aliphatic heterocycles. The number of nitrogens with one attached hydrogen (secondary N) is 1. The summed E-state index contributed by atoms with van der Waals surface area (Å²) in [5, 5.41) is 2.77. The van der Waals surface area contributed by atoms with Crippen molar-refractivity contribution in [3.05, 3.63) is 59.9 Å². The van der Waals surface area contributed by atoms with Crippen molar-refractivity contribution in [2.24, 2.45) is 0 Å². The van der Waals surface area contributed by atoms with Gasteiger partial charge in [0.1, 0.15) is 6.54 Å². The zero-order valence-corrected chi connectivity index (χ0v) is 12.7. The van der Waals surface area contributed by atoms with Crippen molar-refractivity contribution in [3.63, 3.8) is 0 Å². The Morgan fingerprint density at radius 2 is 2.00 bits per heavy atom. The third kappa shape index (κ3) is 4.41. The zero-order valence-electron chi connectivity index (χ0n) is 12.7. The molecule has 114 valence electrons. The molecule has 5 heteroatoms. The van der Waals surface area contributed by atoms with Crippen LogP contribution in [0.2, 0.25) is 0 Å². The largest absolute Gasteiger partial charge is 0.349 e. The molecule has 5 nitrogen and oxygen atoms in total. The van der Waals surface area contributed by atoms with Gasteiger partial charge in [0.2, 0.25) is 11.8 Å². The summed E-state index contributed by atoms with van der Waals surface area (Å²) in [6.45, 7) is 3.74. The van der Waals surface area contributed by atoms with Gasteiger partial charge in [-0.05, 0) is 36.8 Å². The number of carbonyl (C=O) groups is 2. The van der Waals surface area contributed by atoms with Crippen molar-refractivity contribution in [1.29, 1.82) is 0 Å². The molecule has 0 radical (unpaired) electrons. The molecule has 1 heterocycles. The first-order valence-corrected chi connectivity index (χ1v) is 7.07. The molecule has 0 saturated carbocycles. The minimum atomic E-state index is -0.220. The summed E-state index contributed by atoms with van der Waals surface area (Å²) in [5.41, 5.74) is 2.54. The molecule has 0 atom stereocenters. The quantitative estimate of drug-likeness (QED) is 0.919. The predicted molar refractivity (Wildman–Crippen MR) is 85.3 cm³/mol. The molecule has 0 aliphatic rings. The van der Waals surface area contributed by atoms with Crippen molar-refractivity contribution in [2.45, 2.75) is 20.4 Å². The maximum atomic E-state index is 12.1. The third-order valence-electron chi connectivity index (χ3n) is 3.19. The number of hydrogen-bond acceptors (Lipinski definition) is 3. The van der Waals surface area contributed by atoms with Crippen LogP contribution in [-0.2, 0) is 16.1 Å². The van der Waals surface area contributed by atoms with Crippen LogP contribution in [0.5, 0.6) is 0 Å². The van der Waals surface area contributed by atoms with Gasteiger partial charge in [0.25, 0.3) is 0 Å². The Labute approximate surface area is 130 Å². The normalized spacial score (nSPS) is 10.1. The minimum absolute atomic E-state index is 0.00831. The standard InChI is InChI=1S/C17H19N3O2/c1-13-6-5-8-16(10-13)20(14(2)21)12-17(22)19-11-15-7-3-4-9-18-15/h3-10H,11-12H2,1-2H3,(H,19,22). The van der Waals surface area contributed by atoms with E-state index in [1.54, 1.807) is 6.20 Å². The van der Waals surface area contributed by atoms with Gasteiger partial charge in [-0.2, -0.15) is 0 Å². The van der Waals surface area contributed by atoms with Gasteiger partial charge >= 0.3 is 0 Å². The van der Waals surface area contributed by atoms with Gasteiger partial charge in [-0.1, -0.05) is 18.2 Å². The van der Waals surface area contributed by atoms with Gasteiger partial charge in [-0.15, -0.1) is 0 Å². The van der Waals surface area contributed by atoms with E-state index >= 15 is 0 Å². The van der Waals surface area contributed by atoms with Crippen LogP contribution < -0.4 is 10.2 Å². The average Bonchev–Trinajstić information content (AvgIpc) is 2.51. The van der Waals surface area contributed by atoms with Crippen LogP contribution in [0, 0.1) is 6.92 Å². The second-order valence-corrected chi connectivity index (χ2v) is 5.04. The van der Waals surface area contributed by atoms with Crippen molar-refractivity contribution in [1.82, 2.24) is 10.3 Å². The lowest BCUT2D eigenvalue weighted by atomic mass is 10.2. The Morgan fingerprint density at radius 3 is 2.64 bits per heavy atom. The van der Waals surface area contributed by atoms with Gasteiger partial charge in [0, 0.05) is 18.8 Å². The van der Waals surface area contributed by atoms with E-state index in [2.05, 4.69) is 10.3 Å². The van der Waals surface area contributed by atoms with E-state index in [1.165, 1.54) is 11.8 Å². The highest BCUT2D eigenvalue weighted by atomic mass is 16.2. The molecule has 0 aliphatic carbocycles. The summed E-state index contributed by atoms with van der Waals surface area (Å²) in [5.74, 6) is -0.388. The van der Waals surface area contributed by atoms with E-state index in [0.717, 1.165) is 16.9 Å². The molecule has 2 rings (SSSR count). The summed E-state index contributed by atoms with van der Waals surface area (Å²) in [6, 6.07) is 13.0. The zero-order chi connectivity index (χ0) is 15.9. The molecule has 22 heavy (non-hydrogen) atoms. The number of hydrogen-bond donors (Lipinski definition) is 1. The van der Waals surface area contributed by atoms with Gasteiger partial charge in [0.15, 0.2) is 0 Å². The Balaban J connectivity index is 1.99. The van der Waals surface area contributed by atoms with Crippen molar-refractivity contribution < 1.29 is 9.59 Å². The third-order valence-corrected chi connectivity index (χ3v) is 3.19. The van der Waals surface area contributed by atoms with Gasteiger partial charge in [-0.25, -0.2) is 0 Å².